The molecule has 0 saturated heterocycles. The molecule has 0 aliphatic carbocycles. The monoisotopic (exact) mass is 261 g/mol. The second-order valence-corrected chi connectivity index (χ2v) is 5.62. The van der Waals surface area contributed by atoms with Gasteiger partial charge in [-0.3, -0.25) is 0 Å². The van der Waals surface area contributed by atoms with Crippen LogP contribution in [0.15, 0.2) is 29.2 Å². The first kappa shape index (κ1) is 14.1. The van der Waals surface area contributed by atoms with Gasteiger partial charge in [-0.2, -0.15) is 0 Å². The molecule has 0 amide bonds. The van der Waals surface area contributed by atoms with Crippen molar-refractivity contribution in [3.8, 4) is 0 Å². The lowest BCUT2D eigenvalue weighted by Crippen LogP contribution is -2.29. The Balaban J connectivity index is 2.85. The quantitative estimate of drug-likeness (QED) is 0.729. The van der Waals surface area contributed by atoms with Crippen LogP contribution in [-0.4, -0.2) is 40.0 Å². The van der Waals surface area contributed by atoms with Gasteiger partial charge in [0.25, 0.3) is 0 Å². The highest BCUT2D eigenvalue weighted by molar-refractivity contribution is 7.89. The fraction of sp³-hybridized carbons (Fsp3) is 0.455. The Morgan fingerprint density at radius 2 is 2.00 bits per heavy atom. The fourth-order valence-electron chi connectivity index (χ4n) is 1.37. The Hall–Kier alpha value is -0.980. The highest BCUT2D eigenvalue weighted by Crippen LogP contribution is 2.17. The van der Waals surface area contributed by atoms with Gasteiger partial charge in [-0.15, -0.1) is 0 Å². The smallest absolute Gasteiger partial charge is 0.245 e. The predicted octanol–water partition coefficient (Wildman–Crippen LogP) is 1.48. The lowest BCUT2D eigenvalue weighted by atomic mass is 10.4. The molecule has 0 aromatic heterocycles. The summed E-state index contributed by atoms with van der Waals surface area (Å²) >= 11 is 0. The van der Waals surface area contributed by atoms with Crippen LogP contribution in [0.25, 0.3) is 0 Å². The third-order valence-corrected chi connectivity index (χ3v) is 4.24. The van der Waals surface area contributed by atoms with Gasteiger partial charge in [0.15, 0.2) is 0 Å². The Kier molecular flexibility index (Phi) is 5.04. The first-order valence-corrected chi connectivity index (χ1v) is 6.64. The second kappa shape index (κ2) is 6.09. The van der Waals surface area contributed by atoms with Crippen molar-refractivity contribution in [2.45, 2.75) is 11.3 Å². The lowest BCUT2D eigenvalue weighted by Gasteiger charge is -2.17. The number of ether oxygens (including phenoxy) is 1. The van der Waals surface area contributed by atoms with E-state index in [1.165, 1.54) is 25.2 Å². The maximum Gasteiger partial charge on any atom is 0.245 e. The first-order chi connectivity index (χ1) is 8.00. The van der Waals surface area contributed by atoms with Crippen molar-refractivity contribution < 1.29 is 17.5 Å². The number of benzene rings is 1. The van der Waals surface area contributed by atoms with Crippen LogP contribution >= 0.6 is 0 Å². The van der Waals surface area contributed by atoms with Crippen molar-refractivity contribution in [2.75, 3.05) is 27.3 Å². The molecule has 0 bridgehead atoms. The lowest BCUT2D eigenvalue weighted by molar-refractivity contribution is 0.189. The molecule has 0 radical (unpaired) electrons. The van der Waals surface area contributed by atoms with Crippen LogP contribution in [0.2, 0.25) is 0 Å². The van der Waals surface area contributed by atoms with E-state index in [0.717, 1.165) is 10.4 Å². The SMILES string of the molecule is COCCCN(C)S(=O)(=O)c1ccccc1F. The normalized spacial score (nSPS) is 12.0. The summed E-state index contributed by atoms with van der Waals surface area (Å²) in [6, 6.07) is 5.35. The summed E-state index contributed by atoms with van der Waals surface area (Å²) in [7, 11) is -0.772. The topological polar surface area (TPSA) is 46.6 Å². The summed E-state index contributed by atoms with van der Waals surface area (Å²) in [6.07, 6.45) is 0.570. The third-order valence-electron chi connectivity index (χ3n) is 2.35. The van der Waals surface area contributed by atoms with Crippen LogP contribution < -0.4 is 0 Å². The molecule has 1 rings (SSSR count). The van der Waals surface area contributed by atoms with Crippen molar-refractivity contribution in [3.05, 3.63) is 30.1 Å². The van der Waals surface area contributed by atoms with E-state index in [9.17, 15) is 12.8 Å². The van der Waals surface area contributed by atoms with E-state index in [0.29, 0.717) is 19.6 Å². The molecule has 1 aromatic rings. The first-order valence-electron chi connectivity index (χ1n) is 5.20. The zero-order valence-corrected chi connectivity index (χ0v) is 10.7. The molecule has 4 nitrogen and oxygen atoms in total. The number of methoxy groups -OCH3 is 1. The van der Waals surface area contributed by atoms with Crippen LogP contribution in [0.4, 0.5) is 4.39 Å². The van der Waals surface area contributed by atoms with Gasteiger partial charge in [0.2, 0.25) is 10.0 Å². The average molecular weight is 261 g/mol. The minimum atomic E-state index is -3.75. The average Bonchev–Trinajstić information content (AvgIpc) is 2.29. The molecule has 0 aliphatic rings. The number of halogens is 1. The molecule has 0 spiro atoms. The molecular formula is C11H16FNO3S. The van der Waals surface area contributed by atoms with E-state index < -0.39 is 15.8 Å². The molecule has 0 aliphatic heterocycles. The number of rotatable bonds is 6. The molecular weight excluding hydrogens is 245 g/mol. The van der Waals surface area contributed by atoms with Crippen molar-refractivity contribution in [1.29, 1.82) is 0 Å². The Labute approximate surface area is 101 Å². The molecule has 96 valence electrons. The van der Waals surface area contributed by atoms with E-state index >= 15 is 0 Å². The van der Waals surface area contributed by atoms with Crippen molar-refractivity contribution in [2.24, 2.45) is 0 Å². The number of nitrogens with zero attached hydrogens (tertiary/aromatic N) is 1. The maximum absolute atomic E-state index is 13.4. The van der Waals surface area contributed by atoms with Gasteiger partial charge >= 0.3 is 0 Å². The summed E-state index contributed by atoms with van der Waals surface area (Å²) < 4.78 is 43.4. The van der Waals surface area contributed by atoms with Crippen LogP contribution in [0, 0.1) is 5.82 Å². The fourth-order valence-corrected chi connectivity index (χ4v) is 2.64. The predicted molar refractivity (Wildman–Crippen MR) is 62.7 cm³/mol. The van der Waals surface area contributed by atoms with Gasteiger partial charge < -0.3 is 4.74 Å². The molecule has 0 saturated carbocycles. The van der Waals surface area contributed by atoms with Crippen molar-refractivity contribution in [3.63, 3.8) is 0 Å². The molecule has 1 aromatic carbocycles. The molecule has 6 heteroatoms. The van der Waals surface area contributed by atoms with Gasteiger partial charge in [-0.25, -0.2) is 17.1 Å². The number of hydrogen-bond donors (Lipinski definition) is 0. The molecule has 0 heterocycles. The van der Waals surface area contributed by atoms with Crippen molar-refractivity contribution in [1.82, 2.24) is 4.31 Å². The molecule has 0 fully saturated rings. The summed E-state index contributed by atoms with van der Waals surface area (Å²) in [6.45, 7) is 0.766. The molecule has 0 atom stereocenters. The minimum absolute atomic E-state index is 0.292. The van der Waals surface area contributed by atoms with E-state index in [1.54, 1.807) is 7.11 Å². The highest BCUT2D eigenvalue weighted by Gasteiger charge is 2.23. The molecule has 17 heavy (non-hydrogen) atoms. The summed E-state index contributed by atoms with van der Waals surface area (Å²) in [5.74, 6) is -0.730. The largest absolute Gasteiger partial charge is 0.385 e. The maximum atomic E-state index is 13.4. The Morgan fingerprint density at radius 3 is 2.59 bits per heavy atom. The number of sulfonamides is 1. The van der Waals surface area contributed by atoms with Gasteiger partial charge in [0, 0.05) is 27.3 Å². The summed E-state index contributed by atoms with van der Waals surface area (Å²) in [5.41, 5.74) is 0. The molecule has 0 N–H and O–H groups in total. The van der Waals surface area contributed by atoms with E-state index in [-0.39, 0.29) is 4.90 Å². The highest BCUT2D eigenvalue weighted by atomic mass is 32.2. The van der Waals surface area contributed by atoms with E-state index in [2.05, 4.69) is 0 Å². The van der Waals surface area contributed by atoms with Gasteiger partial charge in [-0.1, -0.05) is 12.1 Å². The Morgan fingerprint density at radius 1 is 1.35 bits per heavy atom. The van der Waals surface area contributed by atoms with Gasteiger partial charge in [-0.05, 0) is 18.6 Å². The van der Waals surface area contributed by atoms with Crippen LogP contribution in [0.1, 0.15) is 6.42 Å². The second-order valence-electron chi connectivity index (χ2n) is 3.60. The zero-order chi connectivity index (χ0) is 12.9. The van der Waals surface area contributed by atoms with Crippen LogP contribution in [0.3, 0.4) is 0 Å². The van der Waals surface area contributed by atoms with Gasteiger partial charge in [0.1, 0.15) is 10.7 Å². The van der Waals surface area contributed by atoms with Crippen LogP contribution in [0.5, 0.6) is 0 Å². The third kappa shape index (κ3) is 3.49. The van der Waals surface area contributed by atoms with Crippen molar-refractivity contribution >= 4 is 10.0 Å². The van der Waals surface area contributed by atoms with Gasteiger partial charge in [0.05, 0.1) is 0 Å². The van der Waals surface area contributed by atoms with E-state index in [1.807, 2.05) is 0 Å². The summed E-state index contributed by atoms with van der Waals surface area (Å²) in [4.78, 5) is -0.292. The Bertz CT molecular complexity index is 462. The van der Waals surface area contributed by atoms with E-state index in [4.69, 9.17) is 4.74 Å². The standard InChI is InChI=1S/C11H16FNO3S/c1-13(8-5-9-16-2)17(14,15)11-7-4-3-6-10(11)12/h3-4,6-7H,5,8-9H2,1-2H3. The summed E-state index contributed by atoms with van der Waals surface area (Å²) in [5, 5.41) is 0. The minimum Gasteiger partial charge on any atom is -0.385 e. The molecule has 0 unspecified atom stereocenters. The zero-order valence-electron chi connectivity index (χ0n) is 9.89. The van der Waals surface area contributed by atoms with Crippen LogP contribution in [-0.2, 0) is 14.8 Å². The number of hydrogen-bond acceptors (Lipinski definition) is 3.